The van der Waals surface area contributed by atoms with Crippen molar-refractivity contribution in [1.29, 1.82) is 0 Å². The van der Waals surface area contributed by atoms with Crippen molar-refractivity contribution in [3.63, 3.8) is 0 Å². The Morgan fingerprint density at radius 3 is 2.74 bits per heavy atom. The molecule has 0 saturated heterocycles. The molecule has 1 fully saturated rings. The maximum atomic E-state index is 5.99. The average molecular weight is 441 g/mol. The smallest absolute Gasteiger partial charge is 0.191 e. The van der Waals surface area contributed by atoms with Crippen molar-refractivity contribution in [3.8, 4) is 0 Å². The lowest BCUT2D eigenvalue weighted by Gasteiger charge is -2.16. The molecule has 5 heteroatoms. The van der Waals surface area contributed by atoms with Gasteiger partial charge in [-0.15, -0.1) is 24.0 Å². The quantitative estimate of drug-likeness (QED) is 0.318. The zero-order valence-corrected chi connectivity index (χ0v) is 16.6. The molecule has 23 heavy (non-hydrogen) atoms. The molecule has 2 aromatic rings. The van der Waals surface area contributed by atoms with E-state index >= 15 is 0 Å². The van der Waals surface area contributed by atoms with Crippen molar-refractivity contribution in [2.45, 2.75) is 24.6 Å². The monoisotopic (exact) mass is 441 g/mol. The van der Waals surface area contributed by atoms with E-state index in [1.54, 1.807) is 0 Å². The summed E-state index contributed by atoms with van der Waals surface area (Å²) in [4.78, 5) is 6.58. The van der Waals surface area contributed by atoms with Gasteiger partial charge in [0.05, 0.1) is 6.54 Å². The summed E-state index contributed by atoms with van der Waals surface area (Å²) in [6.07, 6.45) is 2.51. The first kappa shape index (κ1) is 18.4. The molecule has 3 nitrogen and oxygen atoms in total. The van der Waals surface area contributed by atoms with Crippen molar-refractivity contribution in [3.05, 3.63) is 48.0 Å². The maximum absolute atomic E-state index is 5.99. The lowest BCUT2D eigenvalue weighted by molar-refractivity contribution is 0.488. The van der Waals surface area contributed by atoms with Crippen LogP contribution < -0.4 is 5.73 Å². The summed E-state index contributed by atoms with van der Waals surface area (Å²) in [6.45, 7) is 0.790. The summed E-state index contributed by atoms with van der Waals surface area (Å²) in [6, 6.07) is 15.7. The second kappa shape index (κ2) is 8.78. The molecule has 2 aromatic carbocycles. The molecule has 124 valence electrons. The molecule has 0 aromatic heterocycles. The topological polar surface area (TPSA) is 41.6 Å². The number of benzene rings is 2. The number of rotatable bonds is 6. The van der Waals surface area contributed by atoms with Gasteiger partial charge >= 0.3 is 0 Å². The van der Waals surface area contributed by atoms with Crippen LogP contribution in [0.1, 0.15) is 18.4 Å². The molecule has 2 N–H and O–H groups in total. The average Bonchev–Trinajstić information content (AvgIpc) is 3.38. The Morgan fingerprint density at radius 2 is 1.96 bits per heavy atom. The number of nitrogens with two attached hydrogens (primary N) is 1. The van der Waals surface area contributed by atoms with E-state index in [4.69, 9.17) is 5.73 Å². The summed E-state index contributed by atoms with van der Waals surface area (Å²) < 4.78 is 0. The molecule has 0 atom stereocenters. The molecule has 0 heterocycles. The Kier molecular flexibility index (Phi) is 7.02. The number of aliphatic imine (C=N–C) groups is 1. The lowest BCUT2D eigenvalue weighted by Crippen LogP contribution is -2.35. The van der Waals surface area contributed by atoms with Gasteiger partial charge in [-0.1, -0.05) is 42.5 Å². The van der Waals surface area contributed by atoms with Crippen molar-refractivity contribution >= 4 is 52.5 Å². The Morgan fingerprint density at radius 1 is 1.22 bits per heavy atom. The molecule has 0 radical (unpaired) electrons. The number of nitrogens with zero attached hydrogens (tertiary/aromatic N) is 2. The fourth-order valence-corrected chi connectivity index (χ4v) is 3.42. The molecule has 0 bridgehead atoms. The number of fused-ring (bicyclic) bond motifs is 1. The zero-order valence-electron chi connectivity index (χ0n) is 13.4. The summed E-state index contributed by atoms with van der Waals surface area (Å²) in [5.41, 5.74) is 7.39. The third-order valence-corrected chi connectivity index (χ3v) is 5.09. The number of thioether (sulfide) groups is 1. The highest BCUT2D eigenvalue weighted by Crippen LogP contribution is 2.25. The van der Waals surface area contributed by atoms with Crippen LogP contribution >= 0.6 is 35.7 Å². The minimum atomic E-state index is 0. The maximum Gasteiger partial charge on any atom is 0.191 e. The van der Waals surface area contributed by atoms with Gasteiger partial charge in [0.2, 0.25) is 0 Å². The number of hydrogen-bond donors (Lipinski definition) is 1. The van der Waals surface area contributed by atoms with Crippen LogP contribution in [0.15, 0.2) is 47.5 Å². The van der Waals surface area contributed by atoms with Crippen LogP contribution in [0.2, 0.25) is 0 Å². The van der Waals surface area contributed by atoms with E-state index in [9.17, 15) is 0 Å². The first-order valence-corrected chi connectivity index (χ1v) is 8.98. The Balaban J connectivity index is 0.00000192. The Bertz CT molecular complexity index is 665. The van der Waals surface area contributed by atoms with Crippen LogP contribution in [0.3, 0.4) is 0 Å². The van der Waals surface area contributed by atoms with E-state index in [1.165, 1.54) is 29.2 Å². The van der Waals surface area contributed by atoms with Crippen LogP contribution in [0, 0.1) is 0 Å². The van der Waals surface area contributed by atoms with Crippen LogP contribution in [-0.4, -0.2) is 36.2 Å². The van der Waals surface area contributed by atoms with Gasteiger partial charge in [-0.3, -0.25) is 4.99 Å². The highest BCUT2D eigenvalue weighted by molar-refractivity contribution is 14.0. The highest BCUT2D eigenvalue weighted by atomic mass is 127. The first-order chi connectivity index (χ1) is 10.8. The third-order valence-electron chi connectivity index (χ3n) is 4.10. The molecule has 3 rings (SSSR count). The number of halogens is 1. The predicted octanol–water partition coefficient (Wildman–Crippen LogP) is 4.10. The van der Waals surface area contributed by atoms with E-state index in [0.29, 0.717) is 12.0 Å². The second-order valence-corrected chi connectivity index (χ2v) is 6.88. The van der Waals surface area contributed by atoms with Crippen LogP contribution in [0.5, 0.6) is 0 Å². The first-order valence-electron chi connectivity index (χ1n) is 7.83. The molecule has 0 amide bonds. The summed E-state index contributed by atoms with van der Waals surface area (Å²) in [5, 5.41) is 2.67. The number of hydrogen-bond acceptors (Lipinski definition) is 2. The van der Waals surface area contributed by atoms with Crippen molar-refractivity contribution in [1.82, 2.24) is 4.90 Å². The van der Waals surface area contributed by atoms with Crippen LogP contribution in [0.4, 0.5) is 0 Å². The molecule has 0 aliphatic heterocycles. The molecule has 1 saturated carbocycles. The molecular formula is C18H24IN3S. The van der Waals surface area contributed by atoms with E-state index in [1.807, 2.05) is 18.8 Å². The lowest BCUT2D eigenvalue weighted by atomic mass is 10.1. The van der Waals surface area contributed by atoms with Crippen molar-refractivity contribution < 1.29 is 0 Å². The minimum Gasteiger partial charge on any atom is -0.370 e. The van der Waals surface area contributed by atoms with E-state index in [-0.39, 0.29) is 24.0 Å². The molecule has 1 aliphatic carbocycles. The van der Waals surface area contributed by atoms with Gasteiger partial charge in [-0.2, -0.15) is 11.8 Å². The van der Waals surface area contributed by atoms with Gasteiger partial charge in [0.1, 0.15) is 0 Å². The third kappa shape index (κ3) is 5.01. The molecule has 1 aliphatic rings. The molecule has 0 spiro atoms. The summed E-state index contributed by atoms with van der Waals surface area (Å²) >= 11 is 1.92. The molecular weight excluding hydrogens is 417 g/mol. The van der Waals surface area contributed by atoms with Gasteiger partial charge in [0.15, 0.2) is 5.96 Å². The Hall–Kier alpha value is -0.950. The normalized spacial score (nSPS) is 14.6. The fourth-order valence-electron chi connectivity index (χ4n) is 2.59. The van der Waals surface area contributed by atoms with E-state index in [2.05, 4.69) is 52.4 Å². The van der Waals surface area contributed by atoms with Crippen LogP contribution in [0.25, 0.3) is 10.8 Å². The van der Waals surface area contributed by atoms with Gasteiger partial charge in [-0.25, -0.2) is 0 Å². The van der Waals surface area contributed by atoms with Crippen molar-refractivity contribution in [2.24, 2.45) is 10.7 Å². The standard InChI is InChI=1S/C18H23N3S.HI/c1-21(16-9-10-16)18(19)20-11-12-22-13-15-7-4-6-14-5-2-3-8-17(14)15;/h2-8,16H,9-13H2,1H3,(H2,19,20);1H. The second-order valence-electron chi connectivity index (χ2n) is 5.77. The van der Waals surface area contributed by atoms with Crippen LogP contribution in [-0.2, 0) is 5.75 Å². The summed E-state index contributed by atoms with van der Waals surface area (Å²) in [7, 11) is 2.04. The minimum absolute atomic E-state index is 0. The Labute approximate surface area is 159 Å². The van der Waals surface area contributed by atoms with E-state index in [0.717, 1.165) is 18.1 Å². The molecule has 0 unspecified atom stereocenters. The SMILES string of the molecule is CN(C(N)=NCCSCc1cccc2ccccc12)C1CC1.I. The fraction of sp³-hybridized carbons (Fsp3) is 0.389. The van der Waals surface area contributed by atoms with Gasteiger partial charge in [0.25, 0.3) is 0 Å². The highest BCUT2D eigenvalue weighted by Gasteiger charge is 2.27. The van der Waals surface area contributed by atoms with E-state index < -0.39 is 0 Å². The van der Waals surface area contributed by atoms with Gasteiger partial charge in [-0.05, 0) is 29.2 Å². The van der Waals surface area contributed by atoms with Crippen molar-refractivity contribution in [2.75, 3.05) is 19.3 Å². The predicted molar refractivity (Wildman–Crippen MR) is 113 cm³/mol. The zero-order chi connectivity index (χ0) is 15.4. The number of guanidine groups is 1. The van der Waals surface area contributed by atoms with Gasteiger partial charge in [0, 0.05) is 24.6 Å². The largest absolute Gasteiger partial charge is 0.370 e. The van der Waals surface area contributed by atoms with Gasteiger partial charge < -0.3 is 10.6 Å². The summed E-state index contributed by atoms with van der Waals surface area (Å²) in [5.74, 6) is 2.71.